The maximum atomic E-state index is 12.4. The van der Waals surface area contributed by atoms with Crippen LogP contribution in [-0.2, 0) is 16.1 Å². The Hall–Kier alpha value is -1.36. The van der Waals surface area contributed by atoms with E-state index in [4.69, 9.17) is 0 Å². The second kappa shape index (κ2) is 5.56. The van der Waals surface area contributed by atoms with Gasteiger partial charge >= 0.3 is 0 Å². The third kappa shape index (κ3) is 2.59. The van der Waals surface area contributed by atoms with Crippen molar-refractivity contribution in [2.24, 2.45) is 0 Å². The topological polar surface area (TPSA) is 49.4 Å². The molecular weight excluding hydrogens is 320 g/mol. The molecule has 0 aliphatic carbocycles. The summed E-state index contributed by atoms with van der Waals surface area (Å²) in [6.45, 7) is 5.93. The highest BCUT2D eigenvalue weighted by atomic mass is 79.9. The lowest BCUT2D eigenvalue weighted by Crippen LogP contribution is -2.68. The van der Waals surface area contributed by atoms with E-state index in [2.05, 4.69) is 21.2 Å². The molecule has 20 heavy (non-hydrogen) atoms. The summed E-state index contributed by atoms with van der Waals surface area (Å²) in [7, 11) is 0. The molecule has 0 aromatic heterocycles. The van der Waals surface area contributed by atoms with Crippen LogP contribution in [0, 0.1) is 0 Å². The highest BCUT2D eigenvalue weighted by Crippen LogP contribution is 2.27. The van der Waals surface area contributed by atoms with Crippen LogP contribution in [0.15, 0.2) is 28.7 Å². The zero-order chi connectivity index (χ0) is 14.9. The van der Waals surface area contributed by atoms with E-state index in [0.29, 0.717) is 13.0 Å². The Kier molecular flexibility index (Phi) is 4.18. The van der Waals surface area contributed by atoms with Crippen molar-refractivity contribution in [3.8, 4) is 0 Å². The first-order chi connectivity index (χ1) is 9.38. The zero-order valence-electron chi connectivity index (χ0n) is 11.9. The van der Waals surface area contributed by atoms with Gasteiger partial charge in [0.25, 0.3) is 0 Å². The Morgan fingerprint density at radius 2 is 1.90 bits per heavy atom. The van der Waals surface area contributed by atoms with Crippen LogP contribution in [0.2, 0.25) is 0 Å². The van der Waals surface area contributed by atoms with Crippen LogP contribution in [0.4, 0.5) is 0 Å². The van der Waals surface area contributed by atoms with Gasteiger partial charge in [-0.25, -0.2) is 0 Å². The second-order valence-corrected chi connectivity index (χ2v) is 6.29. The number of amides is 2. The summed E-state index contributed by atoms with van der Waals surface area (Å²) >= 11 is 3.39. The molecule has 0 bridgehead atoms. The van der Waals surface area contributed by atoms with E-state index in [9.17, 15) is 9.59 Å². The van der Waals surface area contributed by atoms with Gasteiger partial charge < -0.3 is 10.2 Å². The van der Waals surface area contributed by atoms with Gasteiger partial charge in [0.1, 0.15) is 11.6 Å². The predicted octanol–water partition coefficient (Wildman–Crippen LogP) is 2.46. The van der Waals surface area contributed by atoms with Crippen LogP contribution < -0.4 is 5.32 Å². The monoisotopic (exact) mass is 338 g/mol. The maximum absolute atomic E-state index is 12.4. The quantitative estimate of drug-likeness (QED) is 0.920. The number of nitrogens with one attached hydrogen (secondary N) is 1. The molecule has 1 aliphatic heterocycles. The summed E-state index contributed by atoms with van der Waals surface area (Å²) in [5, 5.41) is 2.76. The molecule has 2 atom stereocenters. The fraction of sp³-hybridized carbons (Fsp3) is 0.467. The van der Waals surface area contributed by atoms with E-state index in [1.165, 1.54) is 0 Å². The summed E-state index contributed by atoms with van der Waals surface area (Å²) in [6.07, 6.45) is 0.591. The van der Waals surface area contributed by atoms with Crippen molar-refractivity contribution >= 4 is 27.7 Å². The highest BCUT2D eigenvalue weighted by molar-refractivity contribution is 9.10. The molecule has 2 unspecified atom stereocenters. The number of hydrogen-bond donors (Lipinski definition) is 1. The molecule has 1 heterocycles. The molecule has 1 aliphatic rings. The van der Waals surface area contributed by atoms with E-state index in [1.807, 2.05) is 38.1 Å². The SMILES string of the molecule is CCC1(C)C(=O)NC(C)C(=O)N1Cc1ccc(Br)cc1. The molecule has 1 aromatic carbocycles. The molecule has 2 amide bonds. The van der Waals surface area contributed by atoms with Gasteiger partial charge in [-0.2, -0.15) is 0 Å². The van der Waals surface area contributed by atoms with Crippen molar-refractivity contribution in [3.63, 3.8) is 0 Å². The fourth-order valence-electron chi connectivity index (χ4n) is 2.39. The van der Waals surface area contributed by atoms with Crippen LogP contribution in [0.5, 0.6) is 0 Å². The normalized spacial score (nSPS) is 26.6. The molecule has 5 heteroatoms. The molecule has 4 nitrogen and oxygen atoms in total. The first kappa shape index (κ1) is 15.0. The van der Waals surface area contributed by atoms with Crippen LogP contribution in [0.3, 0.4) is 0 Å². The fourth-order valence-corrected chi connectivity index (χ4v) is 2.65. The minimum Gasteiger partial charge on any atom is -0.343 e. The second-order valence-electron chi connectivity index (χ2n) is 5.37. The van der Waals surface area contributed by atoms with Crippen molar-refractivity contribution in [2.45, 2.75) is 45.3 Å². The van der Waals surface area contributed by atoms with Gasteiger partial charge in [-0.15, -0.1) is 0 Å². The largest absolute Gasteiger partial charge is 0.343 e. The average molecular weight is 339 g/mol. The van der Waals surface area contributed by atoms with E-state index in [-0.39, 0.29) is 11.8 Å². The number of piperazine rings is 1. The van der Waals surface area contributed by atoms with Crippen molar-refractivity contribution in [1.82, 2.24) is 10.2 Å². The number of benzene rings is 1. The number of halogens is 1. The number of carbonyl (C=O) groups is 2. The first-order valence-electron chi connectivity index (χ1n) is 6.75. The van der Waals surface area contributed by atoms with E-state index >= 15 is 0 Å². The van der Waals surface area contributed by atoms with E-state index < -0.39 is 11.6 Å². The van der Waals surface area contributed by atoms with Crippen molar-refractivity contribution in [2.75, 3.05) is 0 Å². The predicted molar refractivity (Wildman–Crippen MR) is 81.0 cm³/mol. The van der Waals surface area contributed by atoms with Gasteiger partial charge in [0.05, 0.1) is 0 Å². The Bertz CT molecular complexity index is 529. The van der Waals surface area contributed by atoms with Gasteiger partial charge in [-0.05, 0) is 38.0 Å². The summed E-state index contributed by atoms with van der Waals surface area (Å²) < 4.78 is 0.996. The van der Waals surface area contributed by atoms with E-state index in [1.54, 1.807) is 11.8 Å². The van der Waals surface area contributed by atoms with Crippen molar-refractivity contribution in [1.29, 1.82) is 0 Å². The molecule has 0 radical (unpaired) electrons. The third-order valence-corrected chi connectivity index (χ3v) is 4.54. The first-order valence-corrected chi connectivity index (χ1v) is 7.54. The summed E-state index contributed by atoms with van der Waals surface area (Å²) in [5.41, 5.74) is 0.236. The lowest BCUT2D eigenvalue weighted by molar-refractivity contribution is -0.157. The average Bonchev–Trinajstić information content (AvgIpc) is 2.43. The molecule has 1 aromatic rings. The Labute approximate surface area is 127 Å². The van der Waals surface area contributed by atoms with Gasteiger partial charge in [0.15, 0.2) is 0 Å². The minimum absolute atomic E-state index is 0.0307. The Balaban J connectivity index is 2.31. The molecule has 108 valence electrons. The summed E-state index contributed by atoms with van der Waals surface area (Å²) in [5.74, 6) is -0.110. The minimum atomic E-state index is -0.781. The molecular formula is C15H19BrN2O2. The van der Waals surface area contributed by atoms with Crippen LogP contribution in [0.25, 0.3) is 0 Å². The van der Waals surface area contributed by atoms with E-state index in [0.717, 1.165) is 10.0 Å². The van der Waals surface area contributed by atoms with Gasteiger partial charge in [0.2, 0.25) is 11.8 Å². The maximum Gasteiger partial charge on any atom is 0.246 e. The highest BCUT2D eigenvalue weighted by Gasteiger charge is 2.46. The standard InChI is InChI=1S/C15H19BrN2O2/c1-4-15(3)14(20)17-10(2)13(19)18(15)9-11-5-7-12(16)8-6-11/h5-8,10H,4,9H2,1-3H3,(H,17,20). The van der Waals surface area contributed by atoms with Gasteiger partial charge in [-0.3, -0.25) is 9.59 Å². The van der Waals surface area contributed by atoms with Crippen LogP contribution in [-0.4, -0.2) is 28.3 Å². The van der Waals surface area contributed by atoms with Crippen molar-refractivity contribution in [3.05, 3.63) is 34.3 Å². The smallest absolute Gasteiger partial charge is 0.246 e. The van der Waals surface area contributed by atoms with Gasteiger partial charge in [0, 0.05) is 11.0 Å². The summed E-state index contributed by atoms with van der Waals surface area (Å²) in [4.78, 5) is 26.4. The lowest BCUT2D eigenvalue weighted by atomic mass is 9.90. The number of hydrogen-bond acceptors (Lipinski definition) is 2. The molecule has 1 N–H and O–H groups in total. The number of nitrogens with zero attached hydrogens (tertiary/aromatic N) is 1. The zero-order valence-corrected chi connectivity index (χ0v) is 13.5. The summed E-state index contributed by atoms with van der Waals surface area (Å²) in [6, 6.07) is 7.35. The lowest BCUT2D eigenvalue weighted by Gasteiger charge is -2.45. The molecule has 0 spiro atoms. The third-order valence-electron chi connectivity index (χ3n) is 4.01. The molecule has 1 saturated heterocycles. The number of rotatable bonds is 3. The molecule has 0 saturated carbocycles. The Morgan fingerprint density at radius 3 is 2.45 bits per heavy atom. The van der Waals surface area contributed by atoms with Gasteiger partial charge in [-0.1, -0.05) is 35.0 Å². The molecule has 1 fully saturated rings. The van der Waals surface area contributed by atoms with Crippen molar-refractivity contribution < 1.29 is 9.59 Å². The van der Waals surface area contributed by atoms with Crippen LogP contribution >= 0.6 is 15.9 Å². The Morgan fingerprint density at radius 1 is 1.30 bits per heavy atom. The molecule has 2 rings (SSSR count). The number of carbonyl (C=O) groups excluding carboxylic acids is 2. The van der Waals surface area contributed by atoms with Crippen LogP contribution in [0.1, 0.15) is 32.8 Å².